The summed E-state index contributed by atoms with van der Waals surface area (Å²) in [7, 11) is 0. The molecule has 0 aromatic heterocycles. The fourth-order valence-electron chi connectivity index (χ4n) is 4.75. The van der Waals surface area contributed by atoms with Crippen molar-refractivity contribution in [1.82, 2.24) is 4.90 Å². The molecule has 4 rings (SSSR count). The molecule has 4 nitrogen and oxygen atoms in total. The zero-order valence-corrected chi connectivity index (χ0v) is 18.5. The van der Waals surface area contributed by atoms with E-state index in [2.05, 4.69) is 70.7 Å². The second kappa shape index (κ2) is 7.66. The first-order valence-electron chi connectivity index (χ1n) is 10.6. The maximum absolute atomic E-state index is 6.20. The van der Waals surface area contributed by atoms with Gasteiger partial charge in [0.15, 0.2) is 5.84 Å². The average molecular weight is 390 g/mol. The minimum absolute atomic E-state index is 0.402. The maximum atomic E-state index is 6.20. The van der Waals surface area contributed by atoms with Crippen LogP contribution in [0.25, 0.3) is 0 Å². The summed E-state index contributed by atoms with van der Waals surface area (Å²) in [6.07, 6.45) is 2.33. The summed E-state index contributed by atoms with van der Waals surface area (Å²) in [5, 5.41) is 0. The number of morpholine rings is 1. The van der Waals surface area contributed by atoms with Crippen LogP contribution in [0.15, 0.2) is 34.3 Å². The fraction of sp³-hybridized carbons (Fsp3) is 0.440. The van der Waals surface area contributed by atoms with Gasteiger partial charge in [-0.15, -0.1) is 0 Å². The van der Waals surface area contributed by atoms with Gasteiger partial charge < -0.3 is 9.64 Å². The van der Waals surface area contributed by atoms with Crippen molar-refractivity contribution in [2.45, 2.75) is 60.4 Å². The SMILES string of the molecule is Cc1cc(C)c(N=C2OCC3CCCN3C2=Nc2c(C)cc(C)cc2C)c(C)c1. The van der Waals surface area contributed by atoms with Crippen LogP contribution in [0.1, 0.15) is 46.2 Å². The van der Waals surface area contributed by atoms with Crippen molar-refractivity contribution in [3.05, 3.63) is 57.6 Å². The molecule has 0 radical (unpaired) electrons. The topological polar surface area (TPSA) is 37.2 Å². The molecule has 1 atom stereocenters. The van der Waals surface area contributed by atoms with E-state index in [-0.39, 0.29) is 0 Å². The molecule has 2 heterocycles. The molecule has 0 spiro atoms. The Morgan fingerprint density at radius 3 is 1.86 bits per heavy atom. The number of benzene rings is 2. The van der Waals surface area contributed by atoms with Gasteiger partial charge >= 0.3 is 0 Å². The number of amidine groups is 1. The monoisotopic (exact) mass is 389 g/mol. The van der Waals surface area contributed by atoms with Crippen LogP contribution in [0.2, 0.25) is 0 Å². The third-order valence-electron chi connectivity index (χ3n) is 5.95. The predicted octanol–water partition coefficient (Wildman–Crippen LogP) is 5.79. The first-order valence-corrected chi connectivity index (χ1v) is 10.6. The highest BCUT2D eigenvalue weighted by Gasteiger charge is 2.36. The van der Waals surface area contributed by atoms with Crippen LogP contribution in [0.4, 0.5) is 11.4 Å². The lowest BCUT2D eigenvalue weighted by Crippen LogP contribution is -2.48. The summed E-state index contributed by atoms with van der Waals surface area (Å²) in [6.45, 7) is 14.5. The van der Waals surface area contributed by atoms with Gasteiger partial charge in [-0.1, -0.05) is 35.4 Å². The molecular formula is C25H31N3O. The lowest BCUT2D eigenvalue weighted by atomic mass is 10.1. The molecule has 0 bridgehead atoms. The van der Waals surface area contributed by atoms with Gasteiger partial charge in [-0.2, -0.15) is 0 Å². The van der Waals surface area contributed by atoms with Crippen LogP contribution in [0, 0.1) is 41.5 Å². The number of aryl methyl sites for hydroxylation is 6. The molecule has 2 saturated heterocycles. The van der Waals surface area contributed by atoms with E-state index in [0.29, 0.717) is 18.5 Å². The van der Waals surface area contributed by atoms with E-state index < -0.39 is 0 Å². The van der Waals surface area contributed by atoms with Crippen LogP contribution in [0.3, 0.4) is 0 Å². The molecule has 2 aliphatic rings. The standard InChI is InChI=1S/C25H31N3O/c1-15-10-17(3)22(18(4)11-15)26-24-25(29-14-21-8-7-9-28(21)24)27-23-19(5)12-16(2)13-20(23)6/h10-13,21H,7-9,14H2,1-6H3. The molecule has 152 valence electrons. The van der Waals surface area contributed by atoms with E-state index in [9.17, 15) is 0 Å². The quantitative estimate of drug-likeness (QED) is 0.652. The van der Waals surface area contributed by atoms with Gasteiger partial charge in [0.05, 0.1) is 17.4 Å². The third kappa shape index (κ3) is 3.81. The second-order valence-corrected chi connectivity index (χ2v) is 8.65. The number of rotatable bonds is 2. The zero-order chi connectivity index (χ0) is 20.7. The Hall–Kier alpha value is -2.62. The molecule has 2 aliphatic heterocycles. The van der Waals surface area contributed by atoms with Crippen molar-refractivity contribution in [3.8, 4) is 0 Å². The van der Waals surface area contributed by atoms with Crippen LogP contribution in [-0.4, -0.2) is 35.8 Å². The van der Waals surface area contributed by atoms with Crippen molar-refractivity contribution in [1.29, 1.82) is 0 Å². The molecule has 29 heavy (non-hydrogen) atoms. The Morgan fingerprint density at radius 2 is 1.31 bits per heavy atom. The Bertz CT molecular complexity index is 973. The van der Waals surface area contributed by atoms with E-state index in [1.54, 1.807) is 0 Å². The molecule has 0 aliphatic carbocycles. The van der Waals surface area contributed by atoms with Crippen molar-refractivity contribution in [2.75, 3.05) is 13.2 Å². The number of hydrogen-bond donors (Lipinski definition) is 0. The molecule has 0 amide bonds. The van der Waals surface area contributed by atoms with Crippen molar-refractivity contribution >= 4 is 23.1 Å². The van der Waals surface area contributed by atoms with Gasteiger partial charge in [-0.25, -0.2) is 9.98 Å². The van der Waals surface area contributed by atoms with E-state index >= 15 is 0 Å². The van der Waals surface area contributed by atoms with Gasteiger partial charge in [0.25, 0.3) is 5.90 Å². The van der Waals surface area contributed by atoms with E-state index in [1.807, 2.05) is 0 Å². The summed E-state index contributed by atoms with van der Waals surface area (Å²) in [5.41, 5.74) is 9.28. The second-order valence-electron chi connectivity index (χ2n) is 8.65. The number of nitrogens with zero attached hydrogens (tertiary/aromatic N) is 3. The van der Waals surface area contributed by atoms with Crippen LogP contribution < -0.4 is 0 Å². The van der Waals surface area contributed by atoms with Crippen molar-refractivity contribution < 1.29 is 4.74 Å². The highest BCUT2D eigenvalue weighted by atomic mass is 16.5. The normalized spacial score (nSPS) is 21.6. The van der Waals surface area contributed by atoms with Crippen LogP contribution >= 0.6 is 0 Å². The average Bonchev–Trinajstić information content (AvgIpc) is 3.10. The van der Waals surface area contributed by atoms with Gasteiger partial charge in [-0.05, 0) is 76.6 Å². The fourth-order valence-corrected chi connectivity index (χ4v) is 4.75. The molecule has 0 N–H and O–H groups in total. The van der Waals surface area contributed by atoms with E-state index in [1.165, 1.54) is 39.8 Å². The first-order chi connectivity index (χ1) is 13.8. The van der Waals surface area contributed by atoms with Gasteiger partial charge in [0.1, 0.15) is 6.61 Å². The number of fused-ring (bicyclic) bond motifs is 1. The summed E-state index contributed by atoms with van der Waals surface area (Å²) < 4.78 is 6.20. The van der Waals surface area contributed by atoms with Gasteiger partial charge in [0, 0.05) is 6.54 Å². The summed E-state index contributed by atoms with van der Waals surface area (Å²) in [5.74, 6) is 1.53. The van der Waals surface area contributed by atoms with Crippen LogP contribution in [0.5, 0.6) is 0 Å². The minimum Gasteiger partial charge on any atom is -0.473 e. The van der Waals surface area contributed by atoms with E-state index in [0.717, 1.165) is 30.2 Å². The van der Waals surface area contributed by atoms with Gasteiger partial charge in [-0.3, -0.25) is 0 Å². The molecule has 2 aromatic carbocycles. The highest BCUT2D eigenvalue weighted by Crippen LogP contribution is 2.31. The molecule has 1 unspecified atom stereocenters. The van der Waals surface area contributed by atoms with Gasteiger partial charge in [0.2, 0.25) is 0 Å². The van der Waals surface area contributed by atoms with Crippen molar-refractivity contribution in [3.63, 3.8) is 0 Å². The van der Waals surface area contributed by atoms with Crippen LogP contribution in [-0.2, 0) is 4.74 Å². The first kappa shape index (κ1) is 19.7. The highest BCUT2D eigenvalue weighted by molar-refractivity contribution is 6.39. The van der Waals surface area contributed by atoms with Crippen molar-refractivity contribution in [2.24, 2.45) is 9.98 Å². The molecule has 2 aromatic rings. The molecule has 0 saturated carbocycles. The van der Waals surface area contributed by atoms with E-state index in [4.69, 9.17) is 14.7 Å². The lowest BCUT2D eigenvalue weighted by Gasteiger charge is -2.33. The number of ether oxygens (including phenoxy) is 1. The lowest BCUT2D eigenvalue weighted by molar-refractivity contribution is 0.196. The summed E-state index contributed by atoms with van der Waals surface area (Å²) in [6, 6.07) is 9.15. The number of aliphatic imine (C=N–C) groups is 2. The Balaban J connectivity index is 1.85. The third-order valence-corrected chi connectivity index (χ3v) is 5.95. The Labute approximate surface area is 174 Å². The minimum atomic E-state index is 0.402. The largest absolute Gasteiger partial charge is 0.473 e. The summed E-state index contributed by atoms with van der Waals surface area (Å²) >= 11 is 0. The Kier molecular flexibility index (Phi) is 5.20. The Morgan fingerprint density at radius 1 is 0.793 bits per heavy atom. The smallest absolute Gasteiger partial charge is 0.258 e. The molecule has 4 heteroatoms. The summed E-state index contributed by atoms with van der Waals surface area (Å²) in [4.78, 5) is 12.5. The molecule has 2 fully saturated rings. The zero-order valence-electron chi connectivity index (χ0n) is 18.5. The predicted molar refractivity (Wildman–Crippen MR) is 121 cm³/mol. The number of hydrogen-bond acceptors (Lipinski definition) is 3. The maximum Gasteiger partial charge on any atom is 0.258 e. The molecular weight excluding hydrogens is 358 g/mol.